The van der Waals surface area contributed by atoms with Crippen molar-refractivity contribution in [3.05, 3.63) is 52.3 Å². The lowest BCUT2D eigenvalue weighted by Gasteiger charge is -2.01. The second-order valence-corrected chi connectivity index (χ2v) is 6.19. The van der Waals surface area contributed by atoms with Crippen molar-refractivity contribution in [2.45, 2.75) is 13.8 Å². The molecule has 1 aromatic carbocycles. The van der Waals surface area contributed by atoms with Crippen LogP contribution in [0.3, 0.4) is 0 Å². The Morgan fingerprint density at radius 1 is 1.29 bits per heavy atom. The van der Waals surface area contributed by atoms with E-state index in [1.54, 1.807) is 6.07 Å². The van der Waals surface area contributed by atoms with Crippen LogP contribution in [0.15, 0.2) is 30.5 Å². The van der Waals surface area contributed by atoms with Gasteiger partial charge in [-0.15, -0.1) is 0 Å². The number of fused-ring (bicyclic) bond motifs is 1. The van der Waals surface area contributed by atoms with Crippen LogP contribution in [0, 0.1) is 13.8 Å². The number of nitrogens with one attached hydrogen (secondary N) is 1. The first-order valence-corrected chi connectivity index (χ1v) is 7.53. The average Bonchev–Trinajstić information content (AvgIpc) is 2.81. The number of carbonyl (C=O) groups is 1. The molecule has 1 amide bonds. The third-order valence-corrected chi connectivity index (χ3v) is 4.16. The number of aryl methyl sites for hydroxylation is 2. The van der Waals surface area contributed by atoms with Gasteiger partial charge in [0.25, 0.3) is 5.91 Å². The zero-order valence-electron chi connectivity index (χ0n) is 11.5. The van der Waals surface area contributed by atoms with E-state index in [-0.39, 0.29) is 5.91 Å². The highest BCUT2D eigenvalue weighted by molar-refractivity contribution is 7.22. The fourth-order valence-electron chi connectivity index (χ4n) is 2.14. The second-order valence-electron chi connectivity index (χ2n) is 4.77. The van der Waals surface area contributed by atoms with E-state index in [0.29, 0.717) is 15.8 Å². The Labute approximate surface area is 130 Å². The number of amides is 1. The van der Waals surface area contributed by atoms with E-state index < -0.39 is 0 Å². The largest absolute Gasteiger partial charge is 0.298 e. The Hall–Kier alpha value is -1.98. The molecule has 0 unspecified atom stereocenters. The molecule has 21 heavy (non-hydrogen) atoms. The summed E-state index contributed by atoms with van der Waals surface area (Å²) in [6, 6.07) is 7.29. The van der Waals surface area contributed by atoms with Crippen LogP contribution >= 0.6 is 22.9 Å². The van der Waals surface area contributed by atoms with Crippen LogP contribution in [0.4, 0.5) is 5.13 Å². The number of halogens is 1. The van der Waals surface area contributed by atoms with Crippen LogP contribution in [0.2, 0.25) is 5.15 Å². The molecule has 6 heteroatoms. The summed E-state index contributed by atoms with van der Waals surface area (Å²) in [6.07, 6.45) is 1.50. The van der Waals surface area contributed by atoms with Gasteiger partial charge in [0.15, 0.2) is 5.13 Å². The molecule has 0 bridgehead atoms. The standard InChI is InChI=1S/C15H12ClN3OS/c1-8-5-9(2)13-11(6-8)21-15(18-13)19-14(20)10-3-4-17-12(16)7-10/h3-7H,1-2H3,(H,18,19,20). The molecule has 106 valence electrons. The van der Waals surface area contributed by atoms with Gasteiger partial charge in [-0.05, 0) is 43.2 Å². The number of rotatable bonds is 2. The minimum atomic E-state index is -0.243. The van der Waals surface area contributed by atoms with E-state index in [9.17, 15) is 4.79 Å². The van der Waals surface area contributed by atoms with Gasteiger partial charge >= 0.3 is 0 Å². The minimum absolute atomic E-state index is 0.243. The summed E-state index contributed by atoms with van der Waals surface area (Å²) >= 11 is 7.25. The van der Waals surface area contributed by atoms with Gasteiger partial charge in [-0.1, -0.05) is 29.0 Å². The molecule has 2 heterocycles. The Morgan fingerprint density at radius 2 is 2.10 bits per heavy atom. The number of hydrogen-bond donors (Lipinski definition) is 1. The highest BCUT2D eigenvalue weighted by atomic mass is 35.5. The van der Waals surface area contributed by atoms with Gasteiger partial charge in [0, 0.05) is 11.8 Å². The molecule has 0 spiro atoms. The number of aromatic nitrogens is 2. The van der Waals surface area contributed by atoms with Gasteiger partial charge in [-0.2, -0.15) is 0 Å². The molecule has 0 aliphatic heterocycles. The predicted octanol–water partition coefficient (Wildman–Crippen LogP) is 4.21. The number of hydrogen-bond acceptors (Lipinski definition) is 4. The lowest BCUT2D eigenvalue weighted by molar-refractivity contribution is 0.102. The summed E-state index contributed by atoms with van der Waals surface area (Å²) in [5.74, 6) is -0.243. The molecule has 3 rings (SSSR count). The summed E-state index contributed by atoms with van der Waals surface area (Å²) in [5, 5.41) is 3.67. The average molecular weight is 318 g/mol. The molecule has 0 saturated heterocycles. The maximum atomic E-state index is 12.2. The molecule has 0 atom stereocenters. The van der Waals surface area contributed by atoms with Gasteiger partial charge in [0.2, 0.25) is 0 Å². The van der Waals surface area contributed by atoms with Crippen molar-refractivity contribution in [1.82, 2.24) is 9.97 Å². The summed E-state index contributed by atoms with van der Waals surface area (Å²) < 4.78 is 1.07. The lowest BCUT2D eigenvalue weighted by Crippen LogP contribution is -2.11. The van der Waals surface area contributed by atoms with E-state index in [4.69, 9.17) is 11.6 Å². The Bertz CT molecular complexity index is 844. The van der Waals surface area contributed by atoms with E-state index in [2.05, 4.69) is 27.4 Å². The Balaban J connectivity index is 1.91. The van der Waals surface area contributed by atoms with E-state index in [0.717, 1.165) is 15.8 Å². The van der Waals surface area contributed by atoms with Crippen molar-refractivity contribution in [1.29, 1.82) is 0 Å². The first kappa shape index (κ1) is 14.0. The van der Waals surface area contributed by atoms with E-state index >= 15 is 0 Å². The number of thiazole rings is 1. The van der Waals surface area contributed by atoms with Crippen LogP contribution in [0.25, 0.3) is 10.2 Å². The third kappa shape index (κ3) is 2.89. The second kappa shape index (κ2) is 5.42. The van der Waals surface area contributed by atoms with Gasteiger partial charge in [0.05, 0.1) is 10.2 Å². The molecule has 1 N–H and O–H groups in total. The zero-order valence-corrected chi connectivity index (χ0v) is 13.0. The molecule has 0 radical (unpaired) electrons. The molecule has 0 aliphatic rings. The predicted molar refractivity (Wildman–Crippen MR) is 86.3 cm³/mol. The fourth-order valence-corrected chi connectivity index (χ4v) is 3.35. The van der Waals surface area contributed by atoms with Crippen molar-refractivity contribution < 1.29 is 4.79 Å². The summed E-state index contributed by atoms with van der Waals surface area (Å²) in [4.78, 5) is 20.5. The smallest absolute Gasteiger partial charge is 0.257 e. The topological polar surface area (TPSA) is 54.9 Å². The number of benzene rings is 1. The van der Waals surface area contributed by atoms with Gasteiger partial charge in [-0.3, -0.25) is 10.1 Å². The van der Waals surface area contributed by atoms with Gasteiger partial charge < -0.3 is 0 Å². The van der Waals surface area contributed by atoms with Crippen LogP contribution in [0.1, 0.15) is 21.5 Å². The first-order valence-electron chi connectivity index (χ1n) is 6.33. The highest BCUT2D eigenvalue weighted by Crippen LogP contribution is 2.29. The summed E-state index contributed by atoms with van der Waals surface area (Å²) in [7, 11) is 0. The van der Waals surface area contributed by atoms with Gasteiger partial charge in [0.1, 0.15) is 5.15 Å². The van der Waals surface area contributed by atoms with Crippen LogP contribution < -0.4 is 5.32 Å². The monoisotopic (exact) mass is 317 g/mol. The van der Waals surface area contributed by atoms with Crippen molar-refractivity contribution >= 4 is 44.2 Å². The number of pyridine rings is 1. The maximum Gasteiger partial charge on any atom is 0.257 e. The number of anilines is 1. The third-order valence-electron chi connectivity index (χ3n) is 3.04. The quantitative estimate of drug-likeness (QED) is 0.720. The SMILES string of the molecule is Cc1cc(C)c2nc(NC(=O)c3ccnc(Cl)c3)sc2c1. The maximum absolute atomic E-state index is 12.2. The number of nitrogens with zero attached hydrogens (tertiary/aromatic N) is 2. The van der Waals surface area contributed by atoms with Crippen LogP contribution in [0.5, 0.6) is 0 Å². The summed E-state index contributed by atoms with van der Waals surface area (Å²) in [5.41, 5.74) is 3.67. The van der Waals surface area contributed by atoms with Gasteiger partial charge in [-0.25, -0.2) is 9.97 Å². The number of carbonyl (C=O) groups excluding carboxylic acids is 1. The normalized spacial score (nSPS) is 10.8. The molecule has 0 aliphatic carbocycles. The molecular formula is C15H12ClN3OS. The fraction of sp³-hybridized carbons (Fsp3) is 0.133. The molecule has 2 aromatic heterocycles. The molecule has 0 saturated carbocycles. The summed E-state index contributed by atoms with van der Waals surface area (Å²) in [6.45, 7) is 4.06. The van der Waals surface area contributed by atoms with Crippen LogP contribution in [-0.4, -0.2) is 15.9 Å². The van der Waals surface area contributed by atoms with Crippen molar-refractivity contribution in [3.63, 3.8) is 0 Å². The van der Waals surface area contributed by atoms with Crippen LogP contribution in [-0.2, 0) is 0 Å². The van der Waals surface area contributed by atoms with Crippen molar-refractivity contribution in [3.8, 4) is 0 Å². The van der Waals surface area contributed by atoms with Crippen molar-refractivity contribution in [2.75, 3.05) is 5.32 Å². The first-order chi connectivity index (χ1) is 10.0. The minimum Gasteiger partial charge on any atom is -0.298 e. The Kier molecular flexibility index (Phi) is 3.61. The molecular weight excluding hydrogens is 306 g/mol. The zero-order chi connectivity index (χ0) is 15.0. The molecule has 3 aromatic rings. The van der Waals surface area contributed by atoms with E-state index in [1.807, 2.05) is 13.8 Å². The lowest BCUT2D eigenvalue weighted by atomic mass is 10.1. The van der Waals surface area contributed by atoms with E-state index in [1.165, 1.54) is 29.2 Å². The van der Waals surface area contributed by atoms with Crippen molar-refractivity contribution in [2.24, 2.45) is 0 Å². The molecule has 4 nitrogen and oxygen atoms in total. The highest BCUT2D eigenvalue weighted by Gasteiger charge is 2.11. The molecule has 0 fully saturated rings. The Morgan fingerprint density at radius 3 is 2.86 bits per heavy atom.